The van der Waals surface area contributed by atoms with Gasteiger partial charge >= 0.3 is 5.76 Å². The van der Waals surface area contributed by atoms with Crippen molar-refractivity contribution in [3.63, 3.8) is 0 Å². The lowest BCUT2D eigenvalue weighted by atomic mass is 10.2. The van der Waals surface area contributed by atoms with Crippen LogP contribution in [0.15, 0.2) is 21.3 Å². The molecule has 5 heteroatoms. The van der Waals surface area contributed by atoms with Crippen molar-refractivity contribution in [2.24, 2.45) is 0 Å². The molecule has 0 bridgehead atoms. The monoisotopic (exact) mass is 180 g/mol. The number of hydrogen-bond donors (Lipinski definition) is 2. The highest BCUT2D eigenvalue weighted by molar-refractivity contribution is 5.80. The number of H-pyrrole nitrogens is 1. The average molecular weight is 180 g/mol. The first-order valence-electron chi connectivity index (χ1n) is 3.67. The molecule has 0 fully saturated rings. The van der Waals surface area contributed by atoms with Crippen molar-refractivity contribution in [3.8, 4) is 5.75 Å². The Morgan fingerprint density at radius 1 is 1.54 bits per heavy atom. The van der Waals surface area contributed by atoms with Crippen LogP contribution >= 0.6 is 0 Å². The Balaban J connectivity index is 2.80. The molecule has 5 nitrogen and oxygen atoms in total. The van der Waals surface area contributed by atoms with Crippen LogP contribution in [0.25, 0.3) is 11.1 Å². The maximum atomic E-state index is 10.8. The highest BCUT2D eigenvalue weighted by Crippen LogP contribution is 2.25. The van der Waals surface area contributed by atoms with Gasteiger partial charge in [0.1, 0.15) is 5.75 Å². The van der Waals surface area contributed by atoms with E-state index in [4.69, 9.17) is 14.9 Å². The van der Waals surface area contributed by atoms with E-state index in [-0.39, 0.29) is 0 Å². The Hall–Kier alpha value is -1.91. The number of fused-ring (bicyclic) bond motifs is 1. The van der Waals surface area contributed by atoms with E-state index < -0.39 is 5.76 Å². The maximum Gasteiger partial charge on any atom is 0.417 e. The van der Waals surface area contributed by atoms with Gasteiger partial charge in [0, 0.05) is 12.1 Å². The summed E-state index contributed by atoms with van der Waals surface area (Å²) in [6.07, 6.45) is 0. The fraction of sp³-hybridized carbons (Fsp3) is 0.125. The first-order valence-corrected chi connectivity index (χ1v) is 3.67. The smallest absolute Gasteiger partial charge is 0.417 e. The average Bonchev–Trinajstić information content (AvgIpc) is 2.42. The lowest BCUT2D eigenvalue weighted by Crippen LogP contribution is -1.93. The third-order valence-electron chi connectivity index (χ3n) is 1.77. The highest BCUT2D eigenvalue weighted by Gasteiger charge is 2.05. The molecule has 68 valence electrons. The highest BCUT2D eigenvalue weighted by atomic mass is 16.5. The van der Waals surface area contributed by atoms with Crippen LogP contribution < -0.4 is 16.2 Å². The predicted octanol–water partition coefficient (Wildman–Crippen LogP) is 0.712. The Morgan fingerprint density at radius 3 is 3.00 bits per heavy atom. The van der Waals surface area contributed by atoms with Gasteiger partial charge < -0.3 is 14.9 Å². The second-order valence-corrected chi connectivity index (χ2v) is 2.60. The summed E-state index contributed by atoms with van der Waals surface area (Å²) < 4.78 is 9.78. The summed E-state index contributed by atoms with van der Waals surface area (Å²) in [6, 6.07) is 3.17. The summed E-state index contributed by atoms with van der Waals surface area (Å²) in [7, 11) is 1.51. The fourth-order valence-corrected chi connectivity index (χ4v) is 1.17. The molecule has 2 aromatic rings. The first-order chi connectivity index (χ1) is 6.20. The maximum absolute atomic E-state index is 10.8. The molecule has 0 atom stereocenters. The number of nitrogens with one attached hydrogen (secondary N) is 1. The fourth-order valence-electron chi connectivity index (χ4n) is 1.17. The van der Waals surface area contributed by atoms with Crippen LogP contribution in [-0.2, 0) is 0 Å². The van der Waals surface area contributed by atoms with Crippen LogP contribution in [-0.4, -0.2) is 12.1 Å². The van der Waals surface area contributed by atoms with Crippen molar-refractivity contribution in [3.05, 3.63) is 22.7 Å². The first kappa shape index (κ1) is 7.72. The quantitative estimate of drug-likeness (QED) is 0.633. The predicted molar refractivity (Wildman–Crippen MR) is 47.8 cm³/mol. The molecule has 1 aromatic carbocycles. The molecule has 0 saturated heterocycles. The van der Waals surface area contributed by atoms with Gasteiger partial charge in [0.2, 0.25) is 0 Å². The van der Waals surface area contributed by atoms with Gasteiger partial charge in [-0.05, 0) is 0 Å². The topological polar surface area (TPSA) is 81.2 Å². The van der Waals surface area contributed by atoms with E-state index in [0.29, 0.717) is 22.5 Å². The molecule has 0 aliphatic rings. The molecule has 0 aliphatic heterocycles. The third kappa shape index (κ3) is 1.14. The van der Waals surface area contributed by atoms with Crippen LogP contribution in [0.5, 0.6) is 5.75 Å². The number of nitrogens with two attached hydrogens (primary N) is 1. The summed E-state index contributed by atoms with van der Waals surface area (Å²) >= 11 is 0. The van der Waals surface area contributed by atoms with Gasteiger partial charge in [-0.25, -0.2) is 4.79 Å². The molecular weight excluding hydrogens is 172 g/mol. The minimum absolute atomic E-state index is 0.434. The molecule has 0 aliphatic carbocycles. The van der Waals surface area contributed by atoms with Crippen LogP contribution in [0.3, 0.4) is 0 Å². The SMILES string of the molecule is COc1cc2[nH]c(=O)oc2cc1N. The Morgan fingerprint density at radius 2 is 2.31 bits per heavy atom. The molecule has 13 heavy (non-hydrogen) atoms. The molecule has 0 spiro atoms. The number of nitrogen functional groups attached to an aromatic ring is 1. The Labute approximate surface area is 73.1 Å². The summed E-state index contributed by atoms with van der Waals surface area (Å²) in [5.41, 5.74) is 7.06. The third-order valence-corrected chi connectivity index (χ3v) is 1.77. The number of rotatable bonds is 1. The van der Waals surface area contributed by atoms with Crippen LogP contribution in [0.4, 0.5) is 5.69 Å². The molecule has 3 N–H and O–H groups in total. The van der Waals surface area contributed by atoms with Gasteiger partial charge in [-0.2, -0.15) is 0 Å². The van der Waals surface area contributed by atoms with Crippen molar-refractivity contribution in [1.29, 1.82) is 0 Å². The molecule has 0 unspecified atom stereocenters. The number of hydrogen-bond acceptors (Lipinski definition) is 4. The lowest BCUT2D eigenvalue weighted by Gasteiger charge is -2.01. The molecular formula is C8H8N2O3. The number of methoxy groups -OCH3 is 1. The zero-order valence-electron chi connectivity index (χ0n) is 6.96. The molecule has 0 radical (unpaired) electrons. The number of ether oxygens (including phenoxy) is 1. The number of benzene rings is 1. The number of anilines is 1. The van der Waals surface area contributed by atoms with Gasteiger partial charge in [0.05, 0.1) is 18.3 Å². The van der Waals surface area contributed by atoms with E-state index in [1.54, 1.807) is 12.1 Å². The number of oxazole rings is 1. The molecule has 1 heterocycles. The van der Waals surface area contributed by atoms with Crippen molar-refractivity contribution in [2.75, 3.05) is 12.8 Å². The minimum Gasteiger partial charge on any atom is -0.495 e. The molecule has 0 saturated carbocycles. The van der Waals surface area contributed by atoms with E-state index >= 15 is 0 Å². The zero-order chi connectivity index (χ0) is 9.42. The van der Waals surface area contributed by atoms with Crippen molar-refractivity contribution >= 4 is 16.8 Å². The Kier molecular flexibility index (Phi) is 1.51. The second kappa shape index (κ2) is 2.55. The van der Waals surface area contributed by atoms with E-state index in [2.05, 4.69) is 4.98 Å². The van der Waals surface area contributed by atoms with Crippen LogP contribution in [0.1, 0.15) is 0 Å². The summed E-state index contributed by atoms with van der Waals surface area (Å²) in [5, 5.41) is 0. The van der Waals surface area contributed by atoms with E-state index in [9.17, 15) is 4.79 Å². The van der Waals surface area contributed by atoms with Crippen LogP contribution in [0, 0.1) is 0 Å². The van der Waals surface area contributed by atoms with Gasteiger partial charge in [-0.3, -0.25) is 4.98 Å². The van der Waals surface area contributed by atoms with Crippen molar-refractivity contribution in [1.82, 2.24) is 4.98 Å². The number of aromatic amines is 1. The number of aromatic nitrogens is 1. The van der Waals surface area contributed by atoms with E-state index in [1.165, 1.54) is 7.11 Å². The molecule has 1 aromatic heterocycles. The van der Waals surface area contributed by atoms with Gasteiger partial charge in [-0.15, -0.1) is 0 Å². The van der Waals surface area contributed by atoms with Gasteiger partial charge in [-0.1, -0.05) is 0 Å². The summed E-state index contributed by atoms with van der Waals surface area (Å²) in [4.78, 5) is 13.3. The summed E-state index contributed by atoms with van der Waals surface area (Å²) in [6.45, 7) is 0. The van der Waals surface area contributed by atoms with Gasteiger partial charge in [0.15, 0.2) is 5.58 Å². The zero-order valence-corrected chi connectivity index (χ0v) is 6.96. The standard InChI is InChI=1S/C8H8N2O3/c1-12-6-3-5-7(2-4(6)9)13-8(11)10-5/h2-3H,9H2,1H3,(H,10,11). The van der Waals surface area contributed by atoms with Gasteiger partial charge in [0.25, 0.3) is 0 Å². The lowest BCUT2D eigenvalue weighted by molar-refractivity contribution is 0.417. The normalized spacial score (nSPS) is 10.5. The van der Waals surface area contributed by atoms with E-state index in [1.807, 2.05) is 0 Å². The second-order valence-electron chi connectivity index (χ2n) is 2.60. The van der Waals surface area contributed by atoms with Crippen molar-refractivity contribution < 1.29 is 9.15 Å². The molecule has 2 rings (SSSR count). The largest absolute Gasteiger partial charge is 0.495 e. The van der Waals surface area contributed by atoms with Crippen molar-refractivity contribution in [2.45, 2.75) is 0 Å². The minimum atomic E-state index is -0.498. The van der Waals surface area contributed by atoms with E-state index in [0.717, 1.165) is 0 Å². The summed E-state index contributed by atoms with van der Waals surface area (Å²) in [5.74, 6) is 0.0206. The Bertz CT molecular complexity index is 498. The van der Waals surface area contributed by atoms with Crippen LogP contribution in [0.2, 0.25) is 0 Å². The molecule has 0 amide bonds.